The van der Waals surface area contributed by atoms with Crippen LogP contribution in [0.25, 0.3) is 9.44 Å². The zero-order valence-electron chi connectivity index (χ0n) is 11.1. The molecule has 0 saturated carbocycles. The van der Waals surface area contributed by atoms with Crippen molar-refractivity contribution in [2.75, 3.05) is 0 Å². The summed E-state index contributed by atoms with van der Waals surface area (Å²) < 4.78 is 29.9. The van der Waals surface area contributed by atoms with Crippen molar-refractivity contribution in [2.45, 2.75) is 52.6 Å². The molecular weight excluding hydrogens is 359 g/mol. The Labute approximate surface area is 192 Å². The van der Waals surface area contributed by atoms with Gasteiger partial charge in [0.2, 0.25) is 0 Å². The first kappa shape index (κ1) is 23.6. The summed E-state index contributed by atoms with van der Waals surface area (Å²) in [5.74, 6) is 0. The van der Waals surface area contributed by atoms with Crippen LogP contribution in [-0.4, -0.2) is 19.5 Å². The van der Waals surface area contributed by atoms with Gasteiger partial charge in [0.05, 0.1) is 0 Å². The maximum absolute atomic E-state index is 11.3. The molecule has 0 N–H and O–H groups in total. The Hall–Kier alpha value is 3.48. The quantitative estimate of drug-likeness (QED) is 0.504. The third-order valence-corrected chi connectivity index (χ3v) is 2.34. The van der Waals surface area contributed by atoms with E-state index in [0.29, 0.717) is 0 Å². The predicted octanol–water partition coefficient (Wildman–Crippen LogP) is -3.42. The molecule has 0 fully saturated rings. The average molecular weight is 377 g/mol. The summed E-state index contributed by atoms with van der Waals surface area (Å²) in [5.41, 5.74) is -1.21. The predicted molar refractivity (Wildman–Crippen MR) is 55.1 cm³/mol. The van der Waals surface area contributed by atoms with E-state index in [0.717, 1.165) is 0 Å². The Kier molecular flexibility index (Phi) is 13.5. The second kappa shape index (κ2) is 8.61. The van der Waals surface area contributed by atoms with Crippen LogP contribution in [0.15, 0.2) is 0 Å². The first-order valence-electron chi connectivity index (χ1n) is 4.15. The van der Waals surface area contributed by atoms with Crippen LogP contribution in [-0.2, 0) is 10.2 Å². The van der Waals surface area contributed by atoms with Gasteiger partial charge in [0.15, 0.2) is 0 Å². The van der Waals surface area contributed by atoms with E-state index < -0.39 is 21.3 Å². The van der Waals surface area contributed by atoms with Gasteiger partial charge in [-0.2, -0.15) is 0 Å². The molecule has 0 atom stereocenters. The Morgan fingerprint density at radius 3 is 1.07 bits per heavy atom. The second-order valence-electron chi connectivity index (χ2n) is 4.97. The van der Waals surface area contributed by atoms with Crippen molar-refractivity contribution in [1.82, 2.24) is 0 Å². The normalized spacial score (nSPS) is 12.7. The smallest absolute Gasteiger partial charge is 0.562 e. The Morgan fingerprint density at radius 1 is 0.733 bits per heavy atom. The molecule has 0 amide bonds. The summed E-state index contributed by atoms with van der Waals surface area (Å²) in [6, 6.07) is 0. The van der Waals surface area contributed by atoms with E-state index in [1.807, 2.05) is 0 Å². The summed E-state index contributed by atoms with van der Waals surface area (Å²) >= 11 is 0. The molecule has 0 spiro atoms. The van der Waals surface area contributed by atoms with Crippen molar-refractivity contribution in [1.29, 1.82) is 0 Å². The number of rotatable bonds is 2. The fourth-order valence-corrected chi connectivity index (χ4v) is 2.14. The van der Waals surface area contributed by atoms with Gasteiger partial charge in [-0.25, -0.2) is 0 Å². The van der Waals surface area contributed by atoms with Crippen LogP contribution >= 0.6 is 0 Å². The Balaban J connectivity index is -0.000000720. The van der Waals surface area contributed by atoms with E-state index in [4.69, 9.17) is 0 Å². The van der Waals surface area contributed by atoms with Crippen LogP contribution in [0.3, 0.4) is 0 Å². The maximum Gasteiger partial charge on any atom is 1.00 e. The first-order valence-corrected chi connectivity index (χ1v) is 5.54. The minimum absolute atomic E-state index is 0. The molecule has 0 unspecified atom stereocenters. The van der Waals surface area contributed by atoms with E-state index in [-0.39, 0.29) is 116 Å². The third kappa shape index (κ3) is 17.5. The van der Waals surface area contributed by atoms with E-state index in [1.165, 1.54) is 0 Å². The molecule has 0 aromatic carbocycles. The number of nitrogens with zero attached hydrogens (tertiary/aromatic N) is 2. The maximum atomic E-state index is 11.3. The Bertz CT molecular complexity index is 243. The molecule has 0 heterocycles. The van der Waals surface area contributed by atoms with Gasteiger partial charge in [-0.05, 0) is 10.2 Å². The summed E-state index contributed by atoms with van der Waals surface area (Å²) in [6.45, 7) is 10.3. The number of hydrogen-bond acceptors (Lipinski definition) is 2. The van der Waals surface area contributed by atoms with Gasteiger partial charge in [0, 0.05) is 0 Å². The largest absolute Gasteiger partial charge is 1.00 e. The molecule has 0 rings (SSSR count). The van der Waals surface area contributed by atoms with E-state index in [2.05, 4.69) is 9.44 Å². The van der Waals surface area contributed by atoms with Crippen molar-refractivity contribution in [3.63, 3.8) is 0 Å². The summed E-state index contributed by atoms with van der Waals surface area (Å²) in [6.07, 6.45) is 0. The van der Waals surface area contributed by atoms with Crippen LogP contribution in [0.2, 0.25) is 0 Å². The third-order valence-electron chi connectivity index (χ3n) is 0.778. The minimum atomic E-state index is -3.65. The standard InChI is InChI=1S/C8H18N2O2S.2Rb/c1-7(2,3)9-13(11,12)10-8(4,5)6;;/h1-6H3;;/q-2;2*+1. The topological polar surface area (TPSA) is 62.3 Å². The van der Waals surface area contributed by atoms with Crippen LogP contribution in [0.1, 0.15) is 41.5 Å². The van der Waals surface area contributed by atoms with Crippen molar-refractivity contribution >= 4 is 10.2 Å². The molecule has 15 heavy (non-hydrogen) atoms. The molecule has 0 aromatic rings. The van der Waals surface area contributed by atoms with Crippen LogP contribution in [0.5, 0.6) is 0 Å². The summed E-state index contributed by atoms with van der Waals surface area (Å²) in [7, 11) is -3.65. The second-order valence-corrected chi connectivity index (χ2v) is 6.23. The number of hydrogen-bond donors (Lipinski definition) is 0. The fourth-order valence-electron chi connectivity index (χ4n) is 0.713. The van der Waals surface area contributed by atoms with Gasteiger partial charge >= 0.3 is 116 Å². The van der Waals surface area contributed by atoms with Gasteiger partial charge in [0.25, 0.3) is 0 Å². The first-order chi connectivity index (χ1) is 5.41. The van der Waals surface area contributed by atoms with Crippen LogP contribution < -0.4 is 116 Å². The zero-order chi connectivity index (χ0) is 10.9. The van der Waals surface area contributed by atoms with E-state index in [9.17, 15) is 8.42 Å². The van der Waals surface area contributed by atoms with Gasteiger partial charge < -0.3 is 9.44 Å². The van der Waals surface area contributed by atoms with Gasteiger partial charge in [-0.1, -0.05) is 41.5 Å². The van der Waals surface area contributed by atoms with Crippen molar-refractivity contribution in [3.05, 3.63) is 9.44 Å². The molecular formula is C8H18N2O2Rb2S. The molecule has 0 aromatic heterocycles. The average Bonchev–Trinajstić information content (AvgIpc) is 1.43. The summed E-state index contributed by atoms with van der Waals surface area (Å²) in [4.78, 5) is 0. The molecule has 0 radical (unpaired) electrons. The molecule has 0 aliphatic carbocycles. The minimum Gasteiger partial charge on any atom is -0.562 e. The molecule has 7 heteroatoms. The van der Waals surface area contributed by atoms with Crippen molar-refractivity contribution in [2.24, 2.45) is 0 Å². The SMILES string of the molecule is CC(C)(C)[N-]S(=O)(=O)[N-]C(C)(C)C.[Rb+].[Rb+]. The zero-order valence-corrected chi connectivity index (χ0v) is 21.8. The van der Waals surface area contributed by atoms with Gasteiger partial charge in [-0.15, -0.1) is 11.1 Å². The molecule has 4 nitrogen and oxygen atoms in total. The molecule has 0 aliphatic rings. The molecule has 0 aliphatic heterocycles. The monoisotopic (exact) mass is 376 g/mol. The van der Waals surface area contributed by atoms with Crippen LogP contribution in [0, 0.1) is 0 Å². The van der Waals surface area contributed by atoms with Crippen molar-refractivity contribution in [3.8, 4) is 0 Å². The Morgan fingerprint density at radius 2 is 0.933 bits per heavy atom. The van der Waals surface area contributed by atoms with E-state index in [1.54, 1.807) is 41.5 Å². The molecule has 0 saturated heterocycles. The van der Waals surface area contributed by atoms with Crippen LogP contribution in [0.4, 0.5) is 0 Å². The summed E-state index contributed by atoms with van der Waals surface area (Å²) in [5, 5.41) is 0. The molecule has 0 bridgehead atoms. The van der Waals surface area contributed by atoms with Crippen molar-refractivity contribution < 1.29 is 125 Å². The molecule has 80 valence electrons. The van der Waals surface area contributed by atoms with E-state index >= 15 is 0 Å². The van der Waals surface area contributed by atoms with Gasteiger partial charge in [-0.3, -0.25) is 8.42 Å². The fraction of sp³-hybridized carbons (Fsp3) is 1.00. The van der Waals surface area contributed by atoms with Gasteiger partial charge in [0.1, 0.15) is 0 Å².